The first-order valence-corrected chi connectivity index (χ1v) is 5.13. The summed E-state index contributed by atoms with van der Waals surface area (Å²) in [5.41, 5.74) is 6.12. The highest BCUT2D eigenvalue weighted by Crippen LogP contribution is 2.22. The van der Waals surface area contributed by atoms with Gasteiger partial charge in [-0.2, -0.15) is 0 Å². The average molecular weight is 260 g/mol. The molecular weight excluding hydrogens is 253 g/mol. The lowest BCUT2D eigenvalue weighted by Gasteiger charge is -2.01. The van der Waals surface area contributed by atoms with E-state index in [0.717, 1.165) is 0 Å². The number of imidazole rings is 1. The van der Waals surface area contributed by atoms with Crippen molar-refractivity contribution >= 4 is 40.8 Å². The van der Waals surface area contributed by atoms with E-state index in [2.05, 4.69) is 4.98 Å². The normalized spacial score (nSPS) is 10.9. The number of hydrogen-bond acceptors (Lipinski definition) is 2. The molecule has 0 unspecified atom stereocenters. The molecule has 3 N–H and O–H groups in total. The Balaban J connectivity index is 2.74. The number of aromatic nitrogens is 2. The second-order valence-corrected chi connectivity index (χ2v) is 4.06. The highest BCUT2D eigenvalue weighted by Gasteiger charge is 2.10. The molecular formula is C9H7ClFN3OS. The Kier molecular flexibility index (Phi) is 2.69. The Hall–Kier alpha value is -1.40. The van der Waals surface area contributed by atoms with Crippen LogP contribution in [0.2, 0.25) is 5.02 Å². The van der Waals surface area contributed by atoms with Crippen molar-refractivity contribution in [3.8, 4) is 0 Å². The van der Waals surface area contributed by atoms with Gasteiger partial charge in [0.25, 0.3) is 0 Å². The van der Waals surface area contributed by atoms with Gasteiger partial charge in [0.2, 0.25) is 5.91 Å². The van der Waals surface area contributed by atoms with E-state index in [-0.39, 0.29) is 11.6 Å². The molecule has 84 valence electrons. The van der Waals surface area contributed by atoms with E-state index in [1.165, 1.54) is 16.7 Å². The summed E-state index contributed by atoms with van der Waals surface area (Å²) in [7, 11) is 0. The van der Waals surface area contributed by atoms with Crippen LogP contribution in [-0.4, -0.2) is 15.5 Å². The van der Waals surface area contributed by atoms with E-state index < -0.39 is 11.7 Å². The fourth-order valence-electron chi connectivity index (χ4n) is 1.46. The van der Waals surface area contributed by atoms with Gasteiger partial charge in [-0.25, -0.2) is 4.39 Å². The highest BCUT2D eigenvalue weighted by molar-refractivity contribution is 7.71. The number of aromatic amines is 1. The van der Waals surface area contributed by atoms with E-state index in [4.69, 9.17) is 29.6 Å². The molecule has 1 aromatic heterocycles. The maximum absolute atomic E-state index is 13.2. The molecule has 0 saturated carbocycles. The minimum Gasteiger partial charge on any atom is -0.368 e. The smallest absolute Gasteiger partial charge is 0.237 e. The third-order valence-corrected chi connectivity index (χ3v) is 2.74. The molecule has 0 aliphatic carbocycles. The second kappa shape index (κ2) is 3.88. The number of carbonyl (C=O) groups excluding carboxylic acids is 1. The van der Waals surface area contributed by atoms with Gasteiger partial charge >= 0.3 is 0 Å². The zero-order valence-corrected chi connectivity index (χ0v) is 9.53. The summed E-state index contributed by atoms with van der Waals surface area (Å²) >= 11 is 10.6. The van der Waals surface area contributed by atoms with Gasteiger partial charge in [0.15, 0.2) is 4.77 Å². The lowest BCUT2D eigenvalue weighted by atomic mass is 10.3. The number of nitrogens with one attached hydrogen (secondary N) is 1. The molecule has 0 aliphatic rings. The minimum absolute atomic E-state index is 0.0280. The van der Waals surface area contributed by atoms with Gasteiger partial charge in [-0.3, -0.25) is 4.79 Å². The molecule has 0 fully saturated rings. The fourth-order valence-corrected chi connectivity index (χ4v) is 1.90. The molecule has 1 amide bonds. The topological polar surface area (TPSA) is 63.8 Å². The van der Waals surface area contributed by atoms with Crippen LogP contribution in [0, 0.1) is 10.6 Å². The summed E-state index contributed by atoms with van der Waals surface area (Å²) in [6, 6.07) is 2.63. The Bertz CT molecular complexity index is 633. The quantitative estimate of drug-likeness (QED) is 0.810. The number of amides is 1. The average Bonchev–Trinajstić information content (AvgIpc) is 2.45. The summed E-state index contributed by atoms with van der Waals surface area (Å²) in [4.78, 5) is 13.6. The summed E-state index contributed by atoms with van der Waals surface area (Å²) in [6.45, 7) is -0.0687. The van der Waals surface area contributed by atoms with Gasteiger partial charge in [-0.1, -0.05) is 11.6 Å². The molecule has 0 bridgehead atoms. The van der Waals surface area contributed by atoms with E-state index >= 15 is 0 Å². The Morgan fingerprint density at radius 2 is 2.31 bits per heavy atom. The monoisotopic (exact) mass is 259 g/mol. The third kappa shape index (κ3) is 1.81. The molecule has 4 nitrogen and oxygen atoms in total. The molecule has 16 heavy (non-hydrogen) atoms. The summed E-state index contributed by atoms with van der Waals surface area (Å²) < 4.78 is 14.9. The van der Waals surface area contributed by atoms with Crippen LogP contribution in [0.25, 0.3) is 11.0 Å². The Labute approximate surface area is 99.8 Å². The van der Waals surface area contributed by atoms with Crippen molar-refractivity contribution in [2.45, 2.75) is 6.54 Å². The molecule has 0 atom stereocenters. The van der Waals surface area contributed by atoms with E-state index in [0.29, 0.717) is 15.8 Å². The first-order chi connectivity index (χ1) is 7.49. The number of halogens is 2. The number of primary amides is 1. The van der Waals surface area contributed by atoms with Crippen molar-refractivity contribution < 1.29 is 9.18 Å². The lowest BCUT2D eigenvalue weighted by Crippen LogP contribution is -2.18. The lowest BCUT2D eigenvalue weighted by molar-refractivity contribution is -0.118. The van der Waals surface area contributed by atoms with Gasteiger partial charge in [0.1, 0.15) is 12.4 Å². The molecule has 7 heteroatoms. The van der Waals surface area contributed by atoms with Crippen LogP contribution < -0.4 is 5.73 Å². The maximum atomic E-state index is 13.2. The number of benzene rings is 1. The first kappa shape index (κ1) is 11.1. The fraction of sp³-hybridized carbons (Fsp3) is 0.111. The Morgan fingerprint density at radius 1 is 1.62 bits per heavy atom. The minimum atomic E-state index is -0.545. The maximum Gasteiger partial charge on any atom is 0.237 e. The molecule has 0 aliphatic heterocycles. The zero-order valence-electron chi connectivity index (χ0n) is 7.96. The summed E-state index contributed by atoms with van der Waals surface area (Å²) in [5, 5.41) is -0.0280. The van der Waals surface area contributed by atoms with E-state index in [1.807, 2.05) is 0 Å². The Morgan fingerprint density at radius 3 is 2.94 bits per heavy atom. The molecule has 0 radical (unpaired) electrons. The van der Waals surface area contributed by atoms with Crippen molar-refractivity contribution in [3.63, 3.8) is 0 Å². The van der Waals surface area contributed by atoms with E-state index in [1.54, 1.807) is 0 Å². The number of nitrogens with zero attached hydrogens (tertiary/aromatic N) is 1. The van der Waals surface area contributed by atoms with Gasteiger partial charge in [0, 0.05) is 6.07 Å². The molecule has 1 heterocycles. The van der Waals surface area contributed by atoms with Crippen molar-refractivity contribution in [1.29, 1.82) is 0 Å². The summed E-state index contributed by atoms with van der Waals surface area (Å²) in [5.74, 6) is -1.07. The van der Waals surface area contributed by atoms with Gasteiger partial charge < -0.3 is 15.3 Å². The number of nitrogens with two attached hydrogens (primary N) is 1. The van der Waals surface area contributed by atoms with Crippen LogP contribution in [0.15, 0.2) is 12.1 Å². The third-order valence-electron chi connectivity index (χ3n) is 2.13. The van der Waals surface area contributed by atoms with Gasteiger partial charge in [0.05, 0.1) is 16.1 Å². The number of fused-ring (bicyclic) bond motifs is 1. The van der Waals surface area contributed by atoms with Gasteiger partial charge in [-0.05, 0) is 18.3 Å². The predicted octanol–water partition coefficient (Wildman–Crippen LogP) is 1.98. The number of rotatable bonds is 2. The molecule has 1 aromatic carbocycles. The van der Waals surface area contributed by atoms with Crippen LogP contribution >= 0.6 is 23.8 Å². The highest BCUT2D eigenvalue weighted by atomic mass is 35.5. The first-order valence-electron chi connectivity index (χ1n) is 4.35. The van der Waals surface area contributed by atoms with Crippen LogP contribution in [-0.2, 0) is 11.3 Å². The predicted molar refractivity (Wildman–Crippen MR) is 61.3 cm³/mol. The van der Waals surface area contributed by atoms with Crippen molar-refractivity contribution in [2.24, 2.45) is 5.73 Å². The van der Waals surface area contributed by atoms with Crippen molar-refractivity contribution in [1.82, 2.24) is 9.55 Å². The van der Waals surface area contributed by atoms with Crippen LogP contribution in [0.3, 0.4) is 0 Å². The van der Waals surface area contributed by atoms with Crippen LogP contribution in [0.1, 0.15) is 0 Å². The number of hydrogen-bond donors (Lipinski definition) is 2. The zero-order chi connectivity index (χ0) is 11.9. The molecule has 2 rings (SSSR count). The van der Waals surface area contributed by atoms with Gasteiger partial charge in [-0.15, -0.1) is 0 Å². The van der Waals surface area contributed by atoms with Crippen molar-refractivity contribution in [3.05, 3.63) is 27.7 Å². The SMILES string of the molecule is NC(=O)Cn1c(=S)[nH]c2cc(F)c(Cl)cc21. The number of carbonyl (C=O) groups is 1. The largest absolute Gasteiger partial charge is 0.368 e. The van der Waals surface area contributed by atoms with Crippen LogP contribution in [0.4, 0.5) is 4.39 Å². The van der Waals surface area contributed by atoms with E-state index in [9.17, 15) is 9.18 Å². The molecule has 2 aromatic rings. The molecule has 0 spiro atoms. The van der Waals surface area contributed by atoms with Crippen LogP contribution in [0.5, 0.6) is 0 Å². The second-order valence-electron chi connectivity index (χ2n) is 3.27. The van der Waals surface area contributed by atoms with Crippen molar-refractivity contribution in [2.75, 3.05) is 0 Å². The molecule has 0 saturated heterocycles. The standard InChI is InChI=1S/C9H7ClFN3OS/c10-4-1-7-6(2-5(4)11)13-9(16)14(7)3-8(12)15/h1-2H,3H2,(H2,12,15)(H,13,16). The summed E-state index contributed by atoms with van der Waals surface area (Å²) in [6.07, 6.45) is 0. The number of H-pyrrole nitrogens is 1.